The quantitative estimate of drug-likeness (QED) is 0.365. The Hall–Kier alpha value is -2.94. The average molecular weight is 351 g/mol. The molecule has 0 spiro atoms. The van der Waals surface area contributed by atoms with E-state index in [1.807, 2.05) is 0 Å². The Balaban J connectivity index is 2.79. The molecule has 0 fully saturated rings. The van der Waals surface area contributed by atoms with Crippen LogP contribution in [0.2, 0.25) is 0 Å². The lowest BCUT2D eigenvalue weighted by Crippen LogP contribution is -2.53. The van der Waals surface area contributed by atoms with Gasteiger partial charge in [0.2, 0.25) is 11.8 Å². The summed E-state index contributed by atoms with van der Waals surface area (Å²) in [6.45, 7) is -0.372. The minimum Gasteiger partial charge on any atom is -0.481 e. The van der Waals surface area contributed by atoms with Crippen LogP contribution in [-0.4, -0.2) is 52.6 Å². The van der Waals surface area contributed by atoms with Crippen molar-refractivity contribution in [2.45, 2.75) is 31.3 Å². The summed E-state index contributed by atoms with van der Waals surface area (Å²) in [6, 6.07) is 6.32. The van der Waals surface area contributed by atoms with E-state index in [4.69, 9.17) is 10.8 Å². The number of hydrogen-bond acceptors (Lipinski definition) is 5. The molecule has 25 heavy (non-hydrogen) atoms. The molecular formula is C16H21N3O6. The van der Waals surface area contributed by atoms with Crippen LogP contribution in [0, 0.1) is 0 Å². The summed E-state index contributed by atoms with van der Waals surface area (Å²) in [5.41, 5.74) is 5.89. The van der Waals surface area contributed by atoms with Crippen molar-refractivity contribution in [2.24, 2.45) is 5.73 Å². The topological polar surface area (TPSA) is 159 Å². The Morgan fingerprint density at radius 1 is 1.00 bits per heavy atom. The number of carbonyl (C=O) groups is 4. The highest BCUT2D eigenvalue weighted by molar-refractivity contribution is 5.91. The number of amides is 2. The summed E-state index contributed by atoms with van der Waals surface area (Å²) < 4.78 is 0. The molecule has 1 aromatic carbocycles. The molecule has 0 aromatic heterocycles. The maximum Gasteiger partial charge on any atom is 0.326 e. The van der Waals surface area contributed by atoms with E-state index in [0.29, 0.717) is 5.56 Å². The van der Waals surface area contributed by atoms with Crippen molar-refractivity contribution < 1.29 is 29.4 Å². The van der Waals surface area contributed by atoms with Crippen LogP contribution in [0.1, 0.15) is 18.4 Å². The molecule has 2 atom stereocenters. The van der Waals surface area contributed by atoms with Gasteiger partial charge in [-0.2, -0.15) is 0 Å². The van der Waals surface area contributed by atoms with E-state index in [2.05, 4.69) is 10.6 Å². The summed E-state index contributed by atoms with van der Waals surface area (Å²) in [7, 11) is 0. The van der Waals surface area contributed by atoms with Gasteiger partial charge in [-0.1, -0.05) is 30.3 Å². The number of hydrogen-bond donors (Lipinski definition) is 5. The molecule has 1 rings (SSSR count). The first-order chi connectivity index (χ1) is 11.8. The van der Waals surface area contributed by atoms with Crippen molar-refractivity contribution in [3.63, 3.8) is 0 Å². The van der Waals surface area contributed by atoms with E-state index < -0.39 is 35.8 Å². The number of carboxylic acid groups (broad SMARTS) is 2. The van der Waals surface area contributed by atoms with E-state index in [1.54, 1.807) is 30.3 Å². The normalized spacial score (nSPS) is 12.7. The van der Waals surface area contributed by atoms with E-state index in [0.717, 1.165) is 0 Å². The molecule has 1 aromatic rings. The third-order valence-corrected chi connectivity index (χ3v) is 3.38. The Morgan fingerprint density at radius 2 is 1.64 bits per heavy atom. The zero-order valence-corrected chi connectivity index (χ0v) is 13.5. The van der Waals surface area contributed by atoms with E-state index in [1.165, 1.54) is 0 Å². The first-order valence-corrected chi connectivity index (χ1v) is 7.61. The standard InChI is InChI=1S/C16H21N3O6/c17-9-13(20)18-11(6-7-14(21)22)15(23)19-12(16(24)25)8-10-4-2-1-3-5-10/h1-5,11-12H,6-9,17H2,(H,18,20)(H,19,23)(H,21,22)(H,24,25)/t11-,12-/m0/s1. The number of benzene rings is 1. The second kappa shape index (κ2) is 10.0. The zero-order chi connectivity index (χ0) is 18.8. The molecule has 0 aliphatic heterocycles. The van der Waals surface area contributed by atoms with Crippen molar-refractivity contribution in [3.05, 3.63) is 35.9 Å². The van der Waals surface area contributed by atoms with Gasteiger partial charge >= 0.3 is 11.9 Å². The summed E-state index contributed by atoms with van der Waals surface area (Å²) in [5.74, 6) is -3.79. The van der Waals surface area contributed by atoms with E-state index >= 15 is 0 Å². The average Bonchev–Trinajstić information content (AvgIpc) is 2.58. The predicted octanol–water partition coefficient (Wildman–Crippen LogP) is -0.893. The Bertz CT molecular complexity index is 620. The Kier molecular flexibility index (Phi) is 8.07. The number of carboxylic acids is 2. The van der Waals surface area contributed by atoms with E-state index in [-0.39, 0.29) is 25.8 Å². The van der Waals surface area contributed by atoms with Crippen LogP contribution >= 0.6 is 0 Å². The van der Waals surface area contributed by atoms with Gasteiger partial charge in [0.25, 0.3) is 0 Å². The van der Waals surface area contributed by atoms with Gasteiger partial charge in [-0.3, -0.25) is 14.4 Å². The molecule has 0 bridgehead atoms. The maximum atomic E-state index is 12.3. The molecule has 0 saturated heterocycles. The molecule has 136 valence electrons. The Morgan fingerprint density at radius 3 is 2.16 bits per heavy atom. The third kappa shape index (κ3) is 7.44. The van der Waals surface area contributed by atoms with Crippen LogP contribution in [0.3, 0.4) is 0 Å². The number of nitrogens with two attached hydrogens (primary N) is 1. The fraction of sp³-hybridized carbons (Fsp3) is 0.375. The van der Waals surface area contributed by atoms with Gasteiger partial charge in [0.1, 0.15) is 12.1 Å². The third-order valence-electron chi connectivity index (χ3n) is 3.38. The molecule has 6 N–H and O–H groups in total. The number of aliphatic carboxylic acids is 2. The zero-order valence-electron chi connectivity index (χ0n) is 13.5. The number of carbonyl (C=O) groups excluding carboxylic acids is 2. The minimum atomic E-state index is -1.24. The van der Waals surface area contributed by atoms with Crippen LogP contribution in [0.4, 0.5) is 0 Å². The number of rotatable bonds is 10. The van der Waals surface area contributed by atoms with Gasteiger partial charge < -0.3 is 26.6 Å². The molecule has 9 nitrogen and oxygen atoms in total. The lowest BCUT2D eigenvalue weighted by molar-refractivity contribution is -0.142. The highest BCUT2D eigenvalue weighted by Crippen LogP contribution is 2.05. The molecule has 2 amide bonds. The molecule has 0 aliphatic rings. The highest BCUT2D eigenvalue weighted by Gasteiger charge is 2.26. The summed E-state index contributed by atoms with van der Waals surface area (Å²) in [6.07, 6.45) is -0.484. The minimum absolute atomic E-state index is 0.0540. The monoisotopic (exact) mass is 351 g/mol. The second-order valence-electron chi connectivity index (χ2n) is 5.35. The van der Waals surface area contributed by atoms with Crippen molar-refractivity contribution in [1.82, 2.24) is 10.6 Å². The first kappa shape index (κ1) is 20.1. The van der Waals surface area contributed by atoms with Crippen LogP contribution in [0.5, 0.6) is 0 Å². The van der Waals surface area contributed by atoms with Gasteiger partial charge in [0, 0.05) is 12.8 Å². The first-order valence-electron chi connectivity index (χ1n) is 7.61. The van der Waals surface area contributed by atoms with E-state index in [9.17, 15) is 24.3 Å². The lowest BCUT2D eigenvalue weighted by atomic mass is 10.0. The fourth-order valence-electron chi connectivity index (χ4n) is 2.11. The predicted molar refractivity (Wildman–Crippen MR) is 87.6 cm³/mol. The van der Waals surface area contributed by atoms with Crippen LogP contribution < -0.4 is 16.4 Å². The molecular weight excluding hydrogens is 330 g/mol. The summed E-state index contributed by atoms with van der Waals surface area (Å²) in [5, 5.41) is 22.7. The van der Waals surface area contributed by atoms with Crippen molar-refractivity contribution >= 4 is 23.8 Å². The summed E-state index contributed by atoms with van der Waals surface area (Å²) >= 11 is 0. The van der Waals surface area contributed by atoms with Gasteiger partial charge in [-0.15, -0.1) is 0 Å². The van der Waals surface area contributed by atoms with Gasteiger partial charge in [0.15, 0.2) is 0 Å². The summed E-state index contributed by atoms with van der Waals surface area (Å²) in [4.78, 5) is 45.8. The highest BCUT2D eigenvalue weighted by atomic mass is 16.4. The molecule has 0 aliphatic carbocycles. The SMILES string of the molecule is NCC(=O)N[C@@H](CCC(=O)O)C(=O)N[C@@H](Cc1ccccc1)C(=O)O. The molecule has 0 heterocycles. The van der Waals surface area contributed by atoms with Crippen molar-refractivity contribution in [2.75, 3.05) is 6.54 Å². The number of nitrogens with one attached hydrogen (secondary N) is 2. The van der Waals surface area contributed by atoms with Crippen molar-refractivity contribution in [3.8, 4) is 0 Å². The maximum absolute atomic E-state index is 12.3. The van der Waals surface area contributed by atoms with Crippen LogP contribution in [0.25, 0.3) is 0 Å². The Labute approximate surface area is 144 Å². The smallest absolute Gasteiger partial charge is 0.326 e. The van der Waals surface area contributed by atoms with Gasteiger partial charge in [-0.05, 0) is 12.0 Å². The fourth-order valence-corrected chi connectivity index (χ4v) is 2.11. The molecule has 0 unspecified atom stereocenters. The molecule has 0 radical (unpaired) electrons. The van der Waals surface area contributed by atoms with Crippen molar-refractivity contribution in [1.29, 1.82) is 0 Å². The van der Waals surface area contributed by atoms with Gasteiger partial charge in [-0.25, -0.2) is 4.79 Å². The molecule has 9 heteroatoms. The second-order valence-corrected chi connectivity index (χ2v) is 5.35. The van der Waals surface area contributed by atoms with Crippen LogP contribution in [-0.2, 0) is 25.6 Å². The molecule has 0 saturated carbocycles. The largest absolute Gasteiger partial charge is 0.481 e. The van der Waals surface area contributed by atoms with Crippen LogP contribution in [0.15, 0.2) is 30.3 Å². The van der Waals surface area contributed by atoms with Gasteiger partial charge in [0.05, 0.1) is 6.54 Å². The lowest BCUT2D eigenvalue weighted by Gasteiger charge is -2.21.